The Labute approximate surface area is 180 Å². The number of hydrogen-bond donors (Lipinski definition) is 3. The summed E-state index contributed by atoms with van der Waals surface area (Å²) in [4.78, 5) is 14.0. The Kier molecular flexibility index (Phi) is 5.62. The molecule has 0 spiro atoms. The average molecular weight is 421 g/mol. The zero-order chi connectivity index (χ0) is 22.2. The number of anilines is 1. The molecule has 5 N–H and O–H groups in total. The second-order valence-corrected chi connectivity index (χ2v) is 8.25. The van der Waals surface area contributed by atoms with Crippen molar-refractivity contribution in [1.29, 1.82) is 0 Å². The van der Waals surface area contributed by atoms with Crippen molar-refractivity contribution in [1.82, 2.24) is 19.5 Å². The number of nitrogen functional groups attached to an aromatic ring is 1. The molecular weight excluding hydrogens is 392 g/mol. The van der Waals surface area contributed by atoms with Gasteiger partial charge in [-0.05, 0) is 38.0 Å². The highest BCUT2D eigenvalue weighted by atomic mass is 16.5. The molecule has 0 aliphatic rings. The number of hydrogen-bond acceptors (Lipinski definition) is 7. The molecule has 0 aliphatic carbocycles. The molecule has 8 nitrogen and oxygen atoms in total. The van der Waals surface area contributed by atoms with E-state index in [1.807, 2.05) is 48.0 Å². The van der Waals surface area contributed by atoms with Crippen molar-refractivity contribution in [3.05, 3.63) is 47.9 Å². The molecule has 0 radical (unpaired) electrons. The predicted molar refractivity (Wildman–Crippen MR) is 122 cm³/mol. The van der Waals surface area contributed by atoms with Gasteiger partial charge < -0.3 is 25.9 Å². The van der Waals surface area contributed by atoms with Gasteiger partial charge in [0, 0.05) is 24.9 Å². The van der Waals surface area contributed by atoms with Gasteiger partial charge in [0.25, 0.3) is 0 Å². The summed E-state index contributed by atoms with van der Waals surface area (Å²) in [5.41, 5.74) is 16.7. The first-order chi connectivity index (χ1) is 14.8. The summed E-state index contributed by atoms with van der Waals surface area (Å²) >= 11 is 0. The van der Waals surface area contributed by atoms with Crippen molar-refractivity contribution in [2.24, 2.45) is 5.73 Å². The van der Waals surface area contributed by atoms with Crippen LogP contribution in [0.2, 0.25) is 0 Å². The summed E-state index contributed by atoms with van der Waals surface area (Å²) in [5.74, 6) is 1.01. The topological polar surface area (TPSA) is 125 Å². The van der Waals surface area contributed by atoms with Gasteiger partial charge in [-0.15, -0.1) is 0 Å². The van der Waals surface area contributed by atoms with Crippen molar-refractivity contribution in [3.8, 4) is 11.1 Å². The maximum atomic E-state index is 10.5. The third-order valence-electron chi connectivity index (χ3n) is 5.13. The van der Waals surface area contributed by atoms with Gasteiger partial charge in [0.1, 0.15) is 29.0 Å². The third kappa shape index (κ3) is 4.23. The van der Waals surface area contributed by atoms with E-state index in [2.05, 4.69) is 9.97 Å². The zero-order valence-corrected chi connectivity index (χ0v) is 18.1. The van der Waals surface area contributed by atoms with Crippen molar-refractivity contribution < 1.29 is 9.84 Å². The van der Waals surface area contributed by atoms with E-state index in [0.717, 1.165) is 22.2 Å². The van der Waals surface area contributed by atoms with Crippen LogP contribution in [0.1, 0.15) is 32.2 Å². The lowest BCUT2D eigenvalue weighted by Crippen LogP contribution is -2.27. The lowest BCUT2D eigenvalue weighted by atomic mass is 10.0. The second-order valence-electron chi connectivity index (χ2n) is 8.25. The summed E-state index contributed by atoms with van der Waals surface area (Å²) in [6.45, 7) is 7.14. The number of rotatable bonds is 7. The lowest BCUT2D eigenvalue weighted by Gasteiger charge is -2.20. The van der Waals surface area contributed by atoms with Gasteiger partial charge in [0.05, 0.1) is 17.7 Å². The van der Waals surface area contributed by atoms with Crippen LogP contribution in [-0.2, 0) is 24.4 Å². The molecule has 0 atom stereocenters. The number of imidazole rings is 1. The molecule has 31 heavy (non-hydrogen) atoms. The number of pyridine rings is 2. The second kappa shape index (κ2) is 8.22. The summed E-state index contributed by atoms with van der Waals surface area (Å²) in [6, 6.07) is 10.0. The first-order valence-electron chi connectivity index (χ1n) is 10.3. The van der Waals surface area contributed by atoms with E-state index in [4.69, 9.17) is 21.2 Å². The number of fused-ring (bicyclic) bond motifs is 3. The predicted octanol–water partition coefficient (Wildman–Crippen LogP) is 2.99. The van der Waals surface area contributed by atoms with Crippen molar-refractivity contribution in [3.63, 3.8) is 0 Å². The smallest absolute Gasteiger partial charge is 0.152 e. The zero-order valence-electron chi connectivity index (χ0n) is 18.1. The number of ether oxygens (including phenoxy) is 1. The Balaban J connectivity index is 1.91. The number of nitrogens with zero attached hydrogens (tertiary/aromatic N) is 4. The number of aromatic nitrogens is 4. The van der Waals surface area contributed by atoms with Crippen LogP contribution in [0.3, 0.4) is 0 Å². The van der Waals surface area contributed by atoms with Crippen LogP contribution in [0.25, 0.3) is 33.2 Å². The van der Waals surface area contributed by atoms with E-state index in [1.54, 1.807) is 13.8 Å². The Bertz CT molecular complexity index is 1230. The number of benzene rings is 1. The van der Waals surface area contributed by atoms with Crippen LogP contribution in [-0.4, -0.2) is 36.8 Å². The van der Waals surface area contributed by atoms with Gasteiger partial charge in [-0.2, -0.15) is 0 Å². The molecule has 162 valence electrons. The molecule has 0 saturated carbocycles. The van der Waals surface area contributed by atoms with E-state index in [9.17, 15) is 5.11 Å². The molecule has 0 fully saturated rings. The minimum Gasteiger partial charge on any atom is -0.389 e. The minimum atomic E-state index is -0.955. The van der Waals surface area contributed by atoms with E-state index in [1.165, 1.54) is 0 Å². The van der Waals surface area contributed by atoms with E-state index in [-0.39, 0.29) is 0 Å². The molecule has 0 amide bonds. The van der Waals surface area contributed by atoms with E-state index in [0.29, 0.717) is 54.5 Å². The first-order valence-corrected chi connectivity index (χ1v) is 10.3. The molecule has 4 aromatic rings. The van der Waals surface area contributed by atoms with E-state index < -0.39 is 5.60 Å². The molecule has 1 aromatic carbocycles. The number of nitrogens with two attached hydrogens (primary N) is 2. The Hall–Kier alpha value is -3.07. The largest absolute Gasteiger partial charge is 0.389 e. The van der Waals surface area contributed by atoms with Gasteiger partial charge >= 0.3 is 0 Å². The molecular formula is C23H28N6O2. The highest BCUT2D eigenvalue weighted by Crippen LogP contribution is 2.31. The van der Waals surface area contributed by atoms with Crippen molar-refractivity contribution in [2.45, 2.75) is 46.1 Å². The highest BCUT2D eigenvalue weighted by Gasteiger charge is 2.23. The van der Waals surface area contributed by atoms with Crippen LogP contribution >= 0.6 is 0 Å². The fraction of sp³-hybridized carbons (Fsp3) is 0.348. The Morgan fingerprint density at radius 1 is 1.10 bits per heavy atom. The van der Waals surface area contributed by atoms with Crippen LogP contribution in [0.5, 0.6) is 0 Å². The SMILES string of the molecule is CCOCc1nc2c(N)nc3cc(-c4ccc(CN)cc4)cnc3c2n1CC(C)(C)O. The molecule has 0 aliphatic heterocycles. The van der Waals surface area contributed by atoms with Gasteiger partial charge in [0.15, 0.2) is 5.82 Å². The fourth-order valence-electron chi connectivity index (χ4n) is 3.67. The molecule has 3 heterocycles. The summed E-state index contributed by atoms with van der Waals surface area (Å²) in [6.07, 6.45) is 1.82. The van der Waals surface area contributed by atoms with Crippen LogP contribution < -0.4 is 11.5 Å². The quantitative estimate of drug-likeness (QED) is 0.420. The Morgan fingerprint density at radius 3 is 2.48 bits per heavy atom. The van der Waals surface area contributed by atoms with Gasteiger partial charge in [0.2, 0.25) is 0 Å². The summed E-state index contributed by atoms with van der Waals surface area (Å²) < 4.78 is 7.54. The minimum absolute atomic E-state index is 0.313. The van der Waals surface area contributed by atoms with Crippen LogP contribution in [0.4, 0.5) is 5.82 Å². The van der Waals surface area contributed by atoms with E-state index >= 15 is 0 Å². The average Bonchev–Trinajstić information content (AvgIpc) is 3.09. The monoisotopic (exact) mass is 420 g/mol. The standard InChI is InChI=1S/C23H28N6O2/c1-4-31-12-18-28-20-21(29(18)13-23(2,3)30)19-17(27-22(20)25)9-16(11-26-19)15-7-5-14(10-24)6-8-15/h5-9,11,30H,4,10,12-13,24H2,1-3H3,(H2,25,27). The summed E-state index contributed by atoms with van der Waals surface area (Å²) in [7, 11) is 0. The van der Waals surface area contributed by atoms with Gasteiger partial charge in [-0.3, -0.25) is 4.98 Å². The lowest BCUT2D eigenvalue weighted by molar-refractivity contribution is 0.0582. The molecule has 4 rings (SSSR count). The third-order valence-corrected chi connectivity index (χ3v) is 5.13. The molecule has 0 saturated heterocycles. The normalized spacial score (nSPS) is 12.2. The maximum absolute atomic E-state index is 10.5. The highest BCUT2D eigenvalue weighted by molar-refractivity contribution is 6.05. The molecule has 3 aromatic heterocycles. The number of aliphatic hydroxyl groups is 1. The summed E-state index contributed by atoms with van der Waals surface area (Å²) in [5, 5.41) is 10.5. The molecule has 8 heteroatoms. The van der Waals surface area contributed by atoms with Crippen molar-refractivity contribution >= 4 is 27.9 Å². The van der Waals surface area contributed by atoms with Gasteiger partial charge in [-0.25, -0.2) is 9.97 Å². The van der Waals surface area contributed by atoms with Gasteiger partial charge in [-0.1, -0.05) is 24.3 Å². The first kappa shape index (κ1) is 21.2. The van der Waals surface area contributed by atoms with Crippen LogP contribution in [0, 0.1) is 0 Å². The molecule has 0 bridgehead atoms. The molecule has 0 unspecified atom stereocenters. The van der Waals surface area contributed by atoms with Crippen molar-refractivity contribution in [2.75, 3.05) is 12.3 Å². The Morgan fingerprint density at radius 2 is 1.84 bits per heavy atom. The fourth-order valence-corrected chi connectivity index (χ4v) is 3.67. The van der Waals surface area contributed by atoms with Crippen LogP contribution in [0.15, 0.2) is 36.5 Å². The maximum Gasteiger partial charge on any atom is 0.152 e.